The number of carbonyl (C=O) groups excluding carboxylic acids is 2. The minimum atomic E-state index is -0.266. The number of nitrogens with zero attached hydrogens (tertiary/aromatic N) is 2. The predicted molar refractivity (Wildman–Crippen MR) is 119 cm³/mol. The molecule has 29 heavy (non-hydrogen) atoms. The van der Waals surface area contributed by atoms with Gasteiger partial charge in [0.1, 0.15) is 0 Å². The summed E-state index contributed by atoms with van der Waals surface area (Å²) in [6.07, 6.45) is 10.9. The Kier molecular flexibility index (Phi) is 8.24. The van der Waals surface area contributed by atoms with Gasteiger partial charge in [-0.3, -0.25) is 10.1 Å². The highest BCUT2D eigenvalue weighted by atomic mass is 32.2. The lowest BCUT2D eigenvalue weighted by atomic mass is 9.82. The quantitative estimate of drug-likeness (QED) is 0.475. The minimum absolute atomic E-state index is 0.0111. The van der Waals surface area contributed by atoms with Crippen LogP contribution in [-0.2, 0) is 9.53 Å². The van der Waals surface area contributed by atoms with Crippen molar-refractivity contribution in [2.45, 2.75) is 81.5 Å². The SMILES string of the molecule is COC(=O)CSc1cnc(NC(=O)N(C2CCC(C)CC2)C2CCC(C)CC2)s1. The van der Waals surface area contributed by atoms with E-state index in [9.17, 15) is 9.59 Å². The van der Waals surface area contributed by atoms with E-state index in [0.29, 0.717) is 17.2 Å². The van der Waals surface area contributed by atoms with Crippen molar-refractivity contribution < 1.29 is 14.3 Å². The third kappa shape index (κ3) is 6.35. The number of esters is 1. The molecule has 2 fully saturated rings. The van der Waals surface area contributed by atoms with E-state index in [1.54, 1.807) is 6.20 Å². The second-order valence-corrected chi connectivity index (χ2v) is 10.8. The number of carbonyl (C=O) groups is 2. The summed E-state index contributed by atoms with van der Waals surface area (Å²) < 4.78 is 5.57. The average Bonchev–Trinajstić information content (AvgIpc) is 3.16. The molecule has 1 heterocycles. The summed E-state index contributed by atoms with van der Waals surface area (Å²) in [5.74, 6) is 1.50. The zero-order valence-corrected chi connectivity index (χ0v) is 19.3. The Balaban J connectivity index is 1.64. The number of urea groups is 1. The monoisotopic (exact) mass is 439 g/mol. The van der Waals surface area contributed by atoms with Crippen LogP contribution in [0.3, 0.4) is 0 Å². The summed E-state index contributed by atoms with van der Waals surface area (Å²) in [6, 6.07) is 0.651. The number of hydrogen-bond acceptors (Lipinski definition) is 6. The van der Waals surface area contributed by atoms with E-state index >= 15 is 0 Å². The van der Waals surface area contributed by atoms with Crippen molar-refractivity contribution in [2.24, 2.45) is 11.8 Å². The normalized spacial score (nSPS) is 27.3. The molecule has 162 valence electrons. The van der Waals surface area contributed by atoms with Gasteiger partial charge in [0, 0.05) is 12.1 Å². The van der Waals surface area contributed by atoms with Crippen molar-refractivity contribution in [1.82, 2.24) is 9.88 Å². The van der Waals surface area contributed by atoms with Crippen molar-refractivity contribution >= 4 is 40.2 Å². The van der Waals surface area contributed by atoms with Crippen LogP contribution in [0.25, 0.3) is 0 Å². The number of amides is 2. The maximum absolute atomic E-state index is 13.3. The highest BCUT2D eigenvalue weighted by Crippen LogP contribution is 2.35. The number of hydrogen-bond donors (Lipinski definition) is 1. The third-order valence-corrected chi connectivity index (χ3v) is 8.33. The molecule has 0 radical (unpaired) electrons. The Bertz CT molecular complexity index is 658. The van der Waals surface area contributed by atoms with Crippen molar-refractivity contribution in [3.8, 4) is 0 Å². The zero-order chi connectivity index (χ0) is 20.8. The van der Waals surface area contributed by atoms with E-state index in [4.69, 9.17) is 0 Å². The number of thioether (sulfide) groups is 1. The number of nitrogens with one attached hydrogen (secondary N) is 1. The lowest BCUT2D eigenvalue weighted by Gasteiger charge is -2.43. The van der Waals surface area contributed by atoms with Gasteiger partial charge < -0.3 is 9.64 Å². The number of ether oxygens (including phenoxy) is 1. The van der Waals surface area contributed by atoms with Crippen LogP contribution >= 0.6 is 23.1 Å². The van der Waals surface area contributed by atoms with Crippen LogP contribution in [0.4, 0.5) is 9.93 Å². The molecule has 3 rings (SSSR count). The topological polar surface area (TPSA) is 71.5 Å². The second-order valence-electron chi connectivity index (χ2n) is 8.51. The van der Waals surface area contributed by atoms with Gasteiger partial charge in [-0.15, -0.1) is 11.8 Å². The molecule has 8 heteroatoms. The van der Waals surface area contributed by atoms with Crippen molar-refractivity contribution in [3.05, 3.63) is 6.20 Å². The molecule has 0 aromatic carbocycles. The highest BCUT2D eigenvalue weighted by Gasteiger charge is 2.34. The molecule has 1 aromatic rings. The average molecular weight is 440 g/mol. The molecule has 2 aliphatic rings. The molecule has 0 unspecified atom stereocenters. The molecule has 0 atom stereocenters. The molecule has 0 saturated heterocycles. The maximum Gasteiger partial charge on any atom is 0.324 e. The highest BCUT2D eigenvalue weighted by molar-refractivity contribution is 8.01. The Hall–Kier alpha value is -1.28. The molecule has 1 aromatic heterocycles. The molecule has 2 saturated carbocycles. The van der Waals surface area contributed by atoms with Crippen LogP contribution in [-0.4, -0.2) is 46.8 Å². The standard InChI is InChI=1S/C21H33N3O3S2/c1-14-4-8-16(9-5-14)24(17-10-6-15(2)7-11-17)21(26)23-20-22-12-19(29-20)28-13-18(25)27-3/h12,14-17H,4-11,13H2,1-3H3,(H,22,23,26). The fourth-order valence-electron chi connectivity index (χ4n) is 4.40. The number of thiazole rings is 1. The van der Waals surface area contributed by atoms with Gasteiger partial charge >= 0.3 is 12.0 Å². The molecular formula is C21H33N3O3S2. The van der Waals surface area contributed by atoms with Gasteiger partial charge in [-0.05, 0) is 63.2 Å². The summed E-state index contributed by atoms with van der Waals surface area (Å²) in [5, 5.41) is 3.64. The largest absolute Gasteiger partial charge is 0.468 e. The van der Waals surface area contributed by atoms with E-state index in [2.05, 4.69) is 33.8 Å². The number of rotatable bonds is 6. The Morgan fingerprint density at radius 3 is 2.17 bits per heavy atom. The maximum atomic E-state index is 13.3. The Morgan fingerprint density at radius 1 is 1.10 bits per heavy atom. The van der Waals surface area contributed by atoms with Gasteiger partial charge in [-0.25, -0.2) is 9.78 Å². The Morgan fingerprint density at radius 2 is 1.66 bits per heavy atom. The van der Waals surface area contributed by atoms with Gasteiger partial charge in [-0.2, -0.15) is 0 Å². The van der Waals surface area contributed by atoms with Crippen LogP contribution < -0.4 is 5.32 Å². The van der Waals surface area contributed by atoms with Crippen LogP contribution in [0.2, 0.25) is 0 Å². The van der Waals surface area contributed by atoms with Crippen LogP contribution in [0.1, 0.15) is 65.2 Å². The second kappa shape index (κ2) is 10.7. The van der Waals surface area contributed by atoms with Crippen molar-refractivity contribution in [2.75, 3.05) is 18.2 Å². The van der Waals surface area contributed by atoms with E-state index in [1.807, 2.05) is 0 Å². The van der Waals surface area contributed by atoms with Crippen molar-refractivity contribution in [1.29, 1.82) is 0 Å². The van der Waals surface area contributed by atoms with Crippen LogP contribution in [0.15, 0.2) is 10.4 Å². The molecule has 0 spiro atoms. The Labute approximate surface area is 182 Å². The predicted octanol–water partition coefficient (Wildman–Crippen LogP) is 5.40. The van der Waals surface area contributed by atoms with Gasteiger partial charge in [0.2, 0.25) is 0 Å². The summed E-state index contributed by atoms with van der Waals surface area (Å²) in [4.78, 5) is 31.1. The first-order valence-corrected chi connectivity index (χ1v) is 12.5. The molecule has 2 aliphatic carbocycles. The summed E-state index contributed by atoms with van der Waals surface area (Å²) in [5.41, 5.74) is 0. The third-order valence-electron chi connectivity index (χ3n) is 6.25. The smallest absolute Gasteiger partial charge is 0.324 e. The minimum Gasteiger partial charge on any atom is -0.468 e. The van der Waals surface area contributed by atoms with Gasteiger partial charge in [0.15, 0.2) is 5.13 Å². The first-order valence-electron chi connectivity index (χ1n) is 10.7. The lowest BCUT2D eigenvalue weighted by molar-refractivity contribution is -0.137. The molecule has 0 aliphatic heterocycles. The number of aromatic nitrogens is 1. The van der Waals surface area contributed by atoms with E-state index < -0.39 is 0 Å². The van der Waals surface area contributed by atoms with Crippen molar-refractivity contribution in [3.63, 3.8) is 0 Å². The number of methoxy groups -OCH3 is 1. The number of anilines is 1. The fourth-order valence-corrected chi connectivity index (χ4v) is 6.09. The van der Waals surface area contributed by atoms with E-state index in [1.165, 1.54) is 55.9 Å². The lowest BCUT2D eigenvalue weighted by Crippen LogP contribution is -2.51. The first kappa shape index (κ1) is 22.4. The zero-order valence-electron chi connectivity index (χ0n) is 17.7. The molecular weight excluding hydrogens is 406 g/mol. The van der Waals surface area contributed by atoms with Crippen LogP contribution in [0.5, 0.6) is 0 Å². The fraction of sp³-hybridized carbons (Fsp3) is 0.762. The first-order chi connectivity index (χ1) is 14.0. The van der Waals surface area contributed by atoms with Gasteiger partial charge in [0.25, 0.3) is 0 Å². The van der Waals surface area contributed by atoms with Gasteiger partial charge in [-0.1, -0.05) is 25.2 Å². The van der Waals surface area contributed by atoms with Gasteiger partial charge in [0.05, 0.1) is 23.3 Å². The molecule has 1 N–H and O–H groups in total. The summed E-state index contributed by atoms with van der Waals surface area (Å²) in [7, 11) is 1.38. The molecule has 0 bridgehead atoms. The summed E-state index contributed by atoms with van der Waals surface area (Å²) >= 11 is 2.79. The molecule has 2 amide bonds. The molecule has 6 nitrogen and oxygen atoms in total. The van der Waals surface area contributed by atoms with Crippen LogP contribution in [0, 0.1) is 11.8 Å². The summed E-state index contributed by atoms with van der Waals surface area (Å²) in [6.45, 7) is 4.62. The van der Waals surface area contributed by atoms with E-state index in [-0.39, 0.29) is 17.8 Å². The van der Waals surface area contributed by atoms with E-state index in [0.717, 1.165) is 41.7 Å².